The van der Waals surface area contributed by atoms with E-state index in [1.165, 1.54) is 0 Å². The van der Waals surface area contributed by atoms with E-state index in [1.54, 1.807) is 12.3 Å². The first-order chi connectivity index (χ1) is 8.70. The maximum atomic E-state index is 6.31. The summed E-state index contributed by atoms with van der Waals surface area (Å²) in [6.45, 7) is 6.72. The van der Waals surface area contributed by atoms with Gasteiger partial charge < -0.3 is 9.64 Å². The number of aromatic nitrogens is 2. The molecule has 2 rings (SSSR count). The lowest BCUT2D eigenvalue weighted by Gasteiger charge is -2.33. The van der Waals surface area contributed by atoms with Crippen LogP contribution in [0.3, 0.4) is 0 Å². The topological polar surface area (TPSA) is 38.2 Å². The van der Waals surface area contributed by atoms with E-state index in [1.807, 2.05) is 0 Å². The van der Waals surface area contributed by atoms with Gasteiger partial charge in [-0.25, -0.2) is 4.98 Å². The lowest BCUT2D eigenvalue weighted by atomic mass is 9.99. The van der Waals surface area contributed by atoms with Crippen LogP contribution >= 0.6 is 11.6 Å². The van der Waals surface area contributed by atoms with Crippen molar-refractivity contribution in [3.05, 3.63) is 12.3 Å². The van der Waals surface area contributed by atoms with Crippen LogP contribution in [0.15, 0.2) is 12.3 Å². The maximum absolute atomic E-state index is 6.31. The molecule has 0 spiro atoms. The summed E-state index contributed by atoms with van der Waals surface area (Å²) < 4.78 is 5.52. The van der Waals surface area contributed by atoms with Gasteiger partial charge in [0.05, 0.1) is 12.0 Å². The Bertz CT molecular complexity index is 388. The van der Waals surface area contributed by atoms with Crippen molar-refractivity contribution in [3.63, 3.8) is 0 Å². The SMILES string of the molecule is CCCOc1ccnc(N2CCC(C)C(Cl)C2)n1. The molecular weight excluding hydrogens is 250 g/mol. The number of hydrogen-bond donors (Lipinski definition) is 0. The summed E-state index contributed by atoms with van der Waals surface area (Å²) in [6, 6.07) is 1.80. The molecule has 0 aromatic carbocycles. The van der Waals surface area contributed by atoms with Crippen molar-refractivity contribution in [2.75, 3.05) is 24.6 Å². The maximum Gasteiger partial charge on any atom is 0.228 e. The number of alkyl halides is 1. The zero-order valence-corrected chi connectivity index (χ0v) is 11.7. The molecule has 0 radical (unpaired) electrons. The van der Waals surface area contributed by atoms with E-state index in [9.17, 15) is 0 Å². The highest BCUT2D eigenvalue weighted by Crippen LogP contribution is 2.24. The smallest absolute Gasteiger partial charge is 0.228 e. The molecule has 18 heavy (non-hydrogen) atoms. The molecular formula is C13H20ClN3O. The molecule has 100 valence electrons. The normalized spacial score (nSPS) is 24.1. The molecule has 2 heterocycles. The number of anilines is 1. The van der Waals surface area contributed by atoms with Gasteiger partial charge in [0.2, 0.25) is 11.8 Å². The summed E-state index contributed by atoms with van der Waals surface area (Å²) in [7, 11) is 0. The Labute approximate surface area is 113 Å². The molecule has 0 bridgehead atoms. The van der Waals surface area contributed by atoms with Crippen LogP contribution in [0.5, 0.6) is 5.88 Å². The van der Waals surface area contributed by atoms with E-state index in [-0.39, 0.29) is 5.38 Å². The molecule has 0 aliphatic carbocycles. The molecule has 2 unspecified atom stereocenters. The van der Waals surface area contributed by atoms with E-state index in [0.29, 0.717) is 18.4 Å². The highest BCUT2D eigenvalue weighted by molar-refractivity contribution is 6.21. The Balaban J connectivity index is 2.04. The summed E-state index contributed by atoms with van der Waals surface area (Å²) in [5.74, 6) is 1.93. The number of halogens is 1. The largest absolute Gasteiger partial charge is 0.478 e. The van der Waals surface area contributed by atoms with Gasteiger partial charge in [-0.2, -0.15) is 4.98 Å². The third kappa shape index (κ3) is 3.25. The average Bonchev–Trinajstić information content (AvgIpc) is 2.40. The lowest BCUT2D eigenvalue weighted by Crippen LogP contribution is -2.41. The van der Waals surface area contributed by atoms with Crippen LogP contribution in [-0.2, 0) is 0 Å². The highest BCUT2D eigenvalue weighted by atomic mass is 35.5. The number of hydrogen-bond acceptors (Lipinski definition) is 4. The second kappa shape index (κ2) is 6.23. The Hall–Kier alpha value is -1.03. The first-order valence-corrected chi connectivity index (χ1v) is 6.99. The molecule has 4 nitrogen and oxygen atoms in total. The molecule has 1 saturated heterocycles. The third-order valence-corrected chi connectivity index (χ3v) is 3.79. The van der Waals surface area contributed by atoms with E-state index in [2.05, 4.69) is 28.7 Å². The minimum Gasteiger partial charge on any atom is -0.478 e. The van der Waals surface area contributed by atoms with Crippen LogP contribution in [0.25, 0.3) is 0 Å². The summed E-state index contributed by atoms with van der Waals surface area (Å²) in [6.07, 6.45) is 3.80. The number of piperidine rings is 1. The van der Waals surface area contributed by atoms with Crippen LogP contribution in [0.4, 0.5) is 5.95 Å². The standard InChI is InChI=1S/C13H20ClN3O/c1-3-8-18-12-4-6-15-13(16-12)17-7-5-10(2)11(14)9-17/h4,6,10-11H,3,5,7-9H2,1-2H3. The number of nitrogens with zero attached hydrogens (tertiary/aromatic N) is 3. The molecule has 0 N–H and O–H groups in total. The minimum atomic E-state index is 0.169. The zero-order chi connectivity index (χ0) is 13.0. The summed E-state index contributed by atoms with van der Waals surface area (Å²) in [5, 5.41) is 0.169. The van der Waals surface area contributed by atoms with Gasteiger partial charge in [-0.1, -0.05) is 13.8 Å². The Morgan fingerprint density at radius 1 is 1.56 bits per heavy atom. The Morgan fingerprint density at radius 2 is 2.39 bits per heavy atom. The molecule has 1 aromatic heterocycles. The van der Waals surface area contributed by atoms with Crippen molar-refractivity contribution < 1.29 is 4.74 Å². The van der Waals surface area contributed by atoms with Gasteiger partial charge >= 0.3 is 0 Å². The quantitative estimate of drug-likeness (QED) is 0.788. The Kier molecular flexibility index (Phi) is 4.64. The summed E-state index contributed by atoms with van der Waals surface area (Å²) >= 11 is 6.31. The van der Waals surface area contributed by atoms with Crippen molar-refractivity contribution >= 4 is 17.5 Å². The molecule has 0 saturated carbocycles. The zero-order valence-electron chi connectivity index (χ0n) is 11.0. The minimum absolute atomic E-state index is 0.169. The van der Waals surface area contributed by atoms with Crippen LogP contribution in [0, 0.1) is 5.92 Å². The summed E-state index contributed by atoms with van der Waals surface area (Å²) in [5.41, 5.74) is 0. The monoisotopic (exact) mass is 269 g/mol. The number of rotatable bonds is 4. The van der Waals surface area contributed by atoms with E-state index in [0.717, 1.165) is 31.9 Å². The van der Waals surface area contributed by atoms with Gasteiger partial charge in [0, 0.05) is 25.4 Å². The third-order valence-electron chi connectivity index (χ3n) is 3.22. The van der Waals surface area contributed by atoms with Crippen LogP contribution in [0.2, 0.25) is 0 Å². The first-order valence-electron chi connectivity index (χ1n) is 6.55. The fourth-order valence-electron chi connectivity index (χ4n) is 1.98. The van der Waals surface area contributed by atoms with Gasteiger partial charge in [-0.3, -0.25) is 0 Å². The van der Waals surface area contributed by atoms with Crippen LogP contribution in [0.1, 0.15) is 26.7 Å². The lowest BCUT2D eigenvalue weighted by molar-refractivity contribution is 0.304. The second-order valence-electron chi connectivity index (χ2n) is 4.77. The molecule has 1 aromatic rings. The van der Waals surface area contributed by atoms with Gasteiger partial charge in [0.25, 0.3) is 0 Å². The van der Waals surface area contributed by atoms with Crippen molar-refractivity contribution in [2.45, 2.75) is 32.1 Å². The molecule has 5 heteroatoms. The van der Waals surface area contributed by atoms with Gasteiger partial charge in [0.15, 0.2) is 0 Å². The predicted octanol–water partition coefficient (Wildman–Crippen LogP) is 2.72. The molecule has 2 atom stereocenters. The van der Waals surface area contributed by atoms with E-state index in [4.69, 9.17) is 16.3 Å². The van der Waals surface area contributed by atoms with E-state index < -0.39 is 0 Å². The molecule has 1 fully saturated rings. The predicted molar refractivity (Wildman–Crippen MR) is 73.5 cm³/mol. The number of ether oxygens (including phenoxy) is 1. The first kappa shape index (κ1) is 13.4. The molecule has 0 amide bonds. The Morgan fingerprint density at radius 3 is 3.11 bits per heavy atom. The van der Waals surface area contributed by atoms with Gasteiger partial charge in [-0.05, 0) is 18.8 Å². The van der Waals surface area contributed by atoms with Crippen LogP contribution < -0.4 is 9.64 Å². The van der Waals surface area contributed by atoms with Crippen LogP contribution in [-0.4, -0.2) is 35.0 Å². The average molecular weight is 270 g/mol. The van der Waals surface area contributed by atoms with Gasteiger partial charge in [-0.15, -0.1) is 11.6 Å². The van der Waals surface area contributed by atoms with Crippen molar-refractivity contribution in [1.29, 1.82) is 0 Å². The fourth-order valence-corrected chi connectivity index (χ4v) is 2.27. The van der Waals surface area contributed by atoms with Crippen molar-refractivity contribution in [2.24, 2.45) is 5.92 Å². The molecule has 1 aliphatic heterocycles. The molecule has 1 aliphatic rings. The van der Waals surface area contributed by atoms with E-state index >= 15 is 0 Å². The fraction of sp³-hybridized carbons (Fsp3) is 0.692. The summed E-state index contributed by atoms with van der Waals surface area (Å²) in [4.78, 5) is 10.9. The second-order valence-corrected chi connectivity index (χ2v) is 5.33. The highest BCUT2D eigenvalue weighted by Gasteiger charge is 2.25. The van der Waals surface area contributed by atoms with Crippen molar-refractivity contribution in [3.8, 4) is 5.88 Å². The van der Waals surface area contributed by atoms with Crippen molar-refractivity contribution in [1.82, 2.24) is 9.97 Å². The van der Waals surface area contributed by atoms with Gasteiger partial charge in [0.1, 0.15) is 0 Å².